The first-order valence-electron chi connectivity index (χ1n) is 15.2. The molecule has 0 spiro atoms. The maximum atomic E-state index is 13.6. The van der Waals surface area contributed by atoms with Gasteiger partial charge in [-0.05, 0) is 52.9 Å². The van der Waals surface area contributed by atoms with E-state index in [-0.39, 0.29) is 24.0 Å². The van der Waals surface area contributed by atoms with Crippen molar-refractivity contribution in [1.82, 2.24) is 15.3 Å². The molecule has 1 amide bonds. The molecule has 0 unspecified atom stereocenters. The molecule has 9 heteroatoms. The third kappa shape index (κ3) is 5.51. The van der Waals surface area contributed by atoms with Crippen molar-refractivity contribution in [2.45, 2.75) is 31.3 Å². The fraction of sp³-hybridized carbons (Fsp3) is 0.189. The van der Waals surface area contributed by atoms with Crippen LogP contribution in [0.25, 0.3) is 32.9 Å². The van der Waals surface area contributed by atoms with Crippen LogP contribution in [-0.2, 0) is 20.7 Å². The van der Waals surface area contributed by atoms with Crippen molar-refractivity contribution in [3.63, 3.8) is 0 Å². The summed E-state index contributed by atoms with van der Waals surface area (Å²) in [6, 6.07) is 30.2. The summed E-state index contributed by atoms with van der Waals surface area (Å²) in [5.41, 5.74) is 7.33. The normalized spacial score (nSPS) is 14.1. The summed E-state index contributed by atoms with van der Waals surface area (Å²) in [6.45, 7) is 1.80. The number of alkyl carbamates (subject to hydrolysis) is 1. The minimum absolute atomic E-state index is 0.0843. The van der Waals surface area contributed by atoms with Crippen LogP contribution in [0.5, 0.6) is 0 Å². The number of benzene rings is 4. The van der Waals surface area contributed by atoms with Gasteiger partial charge in [0.15, 0.2) is 0 Å². The van der Waals surface area contributed by atoms with Crippen molar-refractivity contribution >= 4 is 33.9 Å². The zero-order chi connectivity index (χ0) is 31.6. The Morgan fingerprint density at radius 3 is 2.30 bits per heavy atom. The number of fused-ring (bicyclic) bond motifs is 5. The number of nitrogens with zero attached hydrogens (tertiary/aromatic N) is 2. The second kappa shape index (κ2) is 12.4. The number of aromatic nitrogens is 2. The lowest BCUT2D eigenvalue weighted by atomic mass is 9.98. The van der Waals surface area contributed by atoms with Gasteiger partial charge in [-0.25, -0.2) is 19.6 Å². The minimum atomic E-state index is -0.811. The van der Waals surface area contributed by atoms with Gasteiger partial charge in [0.2, 0.25) is 11.4 Å². The molecule has 0 fully saturated rings. The van der Waals surface area contributed by atoms with E-state index >= 15 is 0 Å². The van der Waals surface area contributed by atoms with Gasteiger partial charge in [-0.1, -0.05) is 78.9 Å². The molecule has 46 heavy (non-hydrogen) atoms. The molecule has 2 aromatic heterocycles. The van der Waals surface area contributed by atoms with Crippen LogP contribution in [0.2, 0.25) is 0 Å². The number of aromatic amines is 1. The minimum Gasteiger partial charge on any atom is -0.467 e. The van der Waals surface area contributed by atoms with E-state index in [1.165, 1.54) is 7.11 Å². The van der Waals surface area contributed by atoms with Gasteiger partial charge in [-0.2, -0.15) is 0 Å². The summed E-state index contributed by atoms with van der Waals surface area (Å²) in [6.07, 6.45) is 1.68. The van der Waals surface area contributed by atoms with E-state index in [1.54, 1.807) is 6.92 Å². The number of H-pyrrole nitrogens is 1. The van der Waals surface area contributed by atoms with Crippen LogP contribution in [0.3, 0.4) is 0 Å². The Hall–Kier alpha value is -5.70. The van der Waals surface area contributed by atoms with Gasteiger partial charge in [-0.3, -0.25) is 0 Å². The number of rotatable bonds is 8. The quantitative estimate of drug-likeness (QED) is 0.187. The van der Waals surface area contributed by atoms with Gasteiger partial charge in [0.25, 0.3) is 0 Å². The van der Waals surface area contributed by atoms with Gasteiger partial charge in [0.1, 0.15) is 18.7 Å². The van der Waals surface area contributed by atoms with E-state index in [4.69, 9.17) is 18.9 Å². The summed E-state index contributed by atoms with van der Waals surface area (Å²) < 4.78 is 17.1. The molecular weight excluding hydrogens is 580 g/mol. The molecule has 4 aromatic carbocycles. The number of amides is 1. The van der Waals surface area contributed by atoms with Crippen molar-refractivity contribution < 1.29 is 23.5 Å². The lowest BCUT2D eigenvalue weighted by molar-refractivity contribution is -0.141. The Bertz CT molecular complexity index is 2100. The molecule has 2 atom stereocenters. The molecule has 7 rings (SSSR count). The highest BCUT2D eigenvalue weighted by molar-refractivity contribution is 5.83. The Labute approximate surface area is 264 Å². The Morgan fingerprint density at radius 2 is 1.57 bits per heavy atom. The highest BCUT2D eigenvalue weighted by Crippen LogP contribution is 2.44. The van der Waals surface area contributed by atoms with Gasteiger partial charge >= 0.3 is 12.1 Å². The molecule has 0 bridgehead atoms. The molecule has 9 nitrogen and oxygen atoms in total. The fourth-order valence-electron chi connectivity index (χ4n) is 6.19. The SMILES string of the molecule is COC(=O)[C@@H](C)N=c1oc([C@H](Cc2c[nH]c3ccccc23)NC(=O)OCC2c3ccccc3-c3ccccc32)nc2ccccc12. The van der Waals surface area contributed by atoms with Crippen molar-refractivity contribution in [2.24, 2.45) is 4.99 Å². The van der Waals surface area contributed by atoms with Crippen LogP contribution in [0, 0.1) is 0 Å². The molecule has 0 aliphatic heterocycles. The number of hydrogen-bond donors (Lipinski definition) is 2. The lowest BCUT2D eigenvalue weighted by Gasteiger charge is -2.19. The van der Waals surface area contributed by atoms with Crippen LogP contribution >= 0.6 is 0 Å². The topological polar surface area (TPSA) is 119 Å². The van der Waals surface area contributed by atoms with E-state index in [0.717, 1.165) is 38.7 Å². The molecule has 0 radical (unpaired) electrons. The number of methoxy groups -OCH3 is 1. The largest absolute Gasteiger partial charge is 0.467 e. The van der Waals surface area contributed by atoms with Crippen LogP contribution < -0.4 is 10.9 Å². The number of carbonyl (C=O) groups is 2. The summed E-state index contributed by atoms with van der Waals surface area (Å²) in [4.78, 5) is 38.4. The number of para-hydroxylation sites is 2. The van der Waals surface area contributed by atoms with Crippen LogP contribution in [-0.4, -0.2) is 41.8 Å². The average Bonchev–Trinajstić information content (AvgIpc) is 3.65. The second-order valence-electron chi connectivity index (χ2n) is 11.3. The Morgan fingerprint density at radius 1 is 0.913 bits per heavy atom. The smallest absolute Gasteiger partial charge is 0.407 e. The molecule has 2 N–H and O–H groups in total. The molecule has 2 heterocycles. The van der Waals surface area contributed by atoms with Crippen LogP contribution in [0.1, 0.15) is 41.5 Å². The number of carbonyl (C=O) groups excluding carboxylic acids is 2. The van der Waals surface area contributed by atoms with E-state index in [0.29, 0.717) is 17.3 Å². The summed E-state index contributed by atoms with van der Waals surface area (Å²) >= 11 is 0. The Balaban J connectivity index is 1.22. The maximum Gasteiger partial charge on any atom is 0.407 e. The van der Waals surface area contributed by atoms with Crippen molar-refractivity contribution in [3.05, 3.63) is 131 Å². The predicted molar refractivity (Wildman–Crippen MR) is 174 cm³/mol. The molecule has 0 saturated carbocycles. The van der Waals surface area contributed by atoms with E-state index < -0.39 is 24.1 Å². The third-order valence-electron chi connectivity index (χ3n) is 8.45. The van der Waals surface area contributed by atoms with Gasteiger partial charge < -0.3 is 24.2 Å². The standard InChI is InChI=1S/C37H32N4O5/c1-22(36(42)44-2)39-34-29-16-8-10-18-32(29)40-35(46-34)33(19-23-20-38-31-17-9-7-11-24(23)31)41-37(43)45-21-30-27-14-5-3-12-25(27)26-13-4-6-15-28(26)30/h3-18,20,22,30,33,38H,19,21H2,1-2H3,(H,41,43)/t22-,33+/m1/s1. The second-order valence-corrected chi connectivity index (χ2v) is 11.3. The Kier molecular flexibility index (Phi) is 7.80. The highest BCUT2D eigenvalue weighted by atomic mass is 16.5. The molecule has 1 aliphatic rings. The molecule has 6 aromatic rings. The van der Waals surface area contributed by atoms with Gasteiger partial charge in [0.05, 0.1) is 18.0 Å². The highest BCUT2D eigenvalue weighted by Gasteiger charge is 2.30. The van der Waals surface area contributed by atoms with Gasteiger partial charge in [0, 0.05) is 29.4 Å². The molecule has 1 aliphatic carbocycles. The zero-order valence-electron chi connectivity index (χ0n) is 25.4. The zero-order valence-corrected chi connectivity index (χ0v) is 25.4. The summed E-state index contributed by atoms with van der Waals surface area (Å²) in [5, 5.41) is 4.68. The molecular formula is C37H32N4O5. The first kappa shape index (κ1) is 29.0. The van der Waals surface area contributed by atoms with Crippen molar-refractivity contribution in [3.8, 4) is 11.1 Å². The number of esters is 1. The van der Waals surface area contributed by atoms with E-state index in [1.807, 2.05) is 79.0 Å². The maximum absolute atomic E-state index is 13.6. The van der Waals surface area contributed by atoms with E-state index in [2.05, 4.69) is 39.6 Å². The third-order valence-corrected chi connectivity index (χ3v) is 8.45. The van der Waals surface area contributed by atoms with Gasteiger partial charge in [-0.15, -0.1) is 0 Å². The monoisotopic (exact) mass is 612 g/mol. The van der Waals surface area contributed by atoms with Crippen LogP contribution in [0.4, 0.5) is 4.79 Å². The number of ether oxygens (including phenoxy) is 2. The molecule has 0 saturated heterocycles. The number of nitrogens with one attached hydrogen (secondary N) is 2. The first-order chi connectivity index (χ1) is 22.5. The molecule has 230 valence electrons. The lowest BCUT2D eigenvalue weighted by Crippen LogP contribution is -2.33. The van der Waals surface area contributed by atoms with Crippen molar-refractivity contribution in [1.29, 1.82) is 0 Å². The first-order valence-corrected chi connectivity index (χ1v) is 15.2. The van der Waals surface area contributed by atoms with Crippen molar-refractivity contribution in [2.75, 3.05) is 13.7 Å². The van der Waals surface area contributed by atoms with E-state index in [9.17, 15) is 9.59 Å². The predicted octanol–water partition coefficient (Wildman–Crippen LogP) is 6.59. The average molecular weight is 613 g/mol. The number of hydrogen-bond acceptors (Lipinski definition) is 7. The summed E-state index contributed by atoms with van der Waals surface area (Å²) in [7, 11) is 1.32. The summed E-state index contributed by atoms with van der Waals surface area (Å²) in [5.74, 6) is -0.350. The van der Waals surface area contributed by atoms with Crippen LogP contribution in [0.15, 0.2) is 113 Å². The fourth-order valence-corrected chi connectivity index (χ4v) is 6.19.